The fourth-order valence-corrected chi connectivity index (χ4v) is 0.707. The lowest BCUT2D eigenvalue weighted by molar-refractivity contribution is -0.441. The van der Waals surface area contributed by atoms with E-state index in [-0.39, 0.29) is 19.8 Å². The largest absolute Gasteiger partial charge is 0.544 e. The van der Waals surface area contributed by atoms with Crippen LogP contribution in [0.4, 0.5) is 4.79 Å². The fourth-order valence-electron chi connectivity index (χ4n) is 0.707. The smallest absolute Gasteiger partial charge is 0.508 e. The first-order valence-electron chi connectivity index (χ1n) is 4.98. The molecule has 3 N–H and O–H groups in total. The monoisotopic (exact) mass is 251 g/mol. The van der Waals surface area contributed by atoms with Gasteiger partial charge >= 0.3 is 6.16 Å². The normalized spacial score (nSPS) is 11.9. The lowest BCUT2D eigenvalue weighted by atomic mass is 10.3. The Labute approximate surface area is 98.6 Å². The van der Waals surface area contributed by atoms with Crippen molar-refractivity contribution in [3.8, 4) is 0 Å². The molecule has 0 rings (SSSR count). The van der Waals surface area contributed by atoms with Gasteiger partial charge in [0.25, 0.3) is 0 Å². The van der Waals surface area contributed by atoms with Gasteiger partial charge in [0.1, 0.15) is 12.6 Å². The lowest BCUT2D eigenvalue weighted by Crippen LogP contribution is -2.70. The molecule has 0 bridgehead atoms. The molecule has 0 heterocycles. The van der Waals surface area contributed by atoms with Crippen molar-refractivity contribution in [3.63, 3.8) is 0 Å². The van der Waals surface area contributed by atoms with Gasteiger partial charge in [0.05, 0.1) is 19.8 Å². The highest BCUT2D eigenvalue weighted by Gasteiger charge is 2.11. The number of quaternary nitrogens is 1. The van der Waals surface area contributed by atoms with Crippen molar-refractivity contribution >= 4 is 12.1 Å². The third kappa shape index (κ3) is 9.54. The van der Waals surface area contributed by atoms with Crippen LogP contribution in [0.15, 0.2) is 0 Å². The van der Waals surface area contributed by atoms with Gasteiger partial charge in [-0.2, -0.15) is 0 Å². The second-order valence-corrected chi connectivity index (χ2v) is 3.03. The van der Waals surface area contributed by atoms with E-state index in [1.807, 2.05) is 0 Å². The molecule has 0 aromatic carbocycles. The Morgan fingerprint density at radius 1 is 1.18 bits per heavy atom. The van der Waals surface area contributed by atoms with Gasteiger partial charge in [-0.15, -0.1) is 0 Å². The number of rotatable bonds is 9. The molecule has 0 aromatic rings. The number of carbonyl (C=O) groups is 2. The molecule has 8 nitrogen and oxygen atoms in total. The number of aliphatic carboxylic acids is 1. The molecule has 17 heavy (non-hydrogen) atoms. The van der Waals surface area contributed by atoms with Crippen LogP contribution in [0.5, 0.6) is 0 Å². The van der Waals surface area contributed by atoms with Crippen LogP contribution in [0.2, 0.25) is 0 Å². The molecule has 8 heteroatoms. The zero-order chi connectivity index (χ0) is 13.1. The van der Waals surface area contributed by atoms with Crippen LogP contribution in [-0.4, -0.2) is 58.3 Å². The average molecular weight is 251 g/mol. The lowest BCUT2D eigenvalue weighted by Gasteiger charge is -2.10. The van der Waals surface area contributed by atoms with E-state index in [1.54, 1.807) is 7.11 Å². The summed E-state index contributed by atoms with van der Waals surface area (Å²) in [6.45, 7) is 0.716. The van der Waals surface area contributed by atoms with Gasteiger partial charge in [0.15, 0.2) is 12.6 Å². The molecular weight excluding hydrogens is 234 g/mol. The summed E-state index contributed by atoms with van der Waals surface area (Å²) in [6.07, 6.45) is -0.963. The first kappa shape index (κ1) is 15.6. The second kappa shape index (κ2) is 9.82. The van der Waals surface area contributed by atoms with Gasteiger partial charge in [-0.25, -0.2) is 4.79 Å². The van der Waals surface area contributed by atoms with Crippen LogP contribution in [0, 0.1) is 0 Å². The molecular formula is C9H17NO7. The van der Waals surface area contributed by atoms with Crippen molar-refractivity contribution in [2.24, 2.45) is 0 Å². The van der Waals surface area contributed by atoms with Crippen molar-refractivity contribution in [1.82, 2.24) is 0 Å². The number of methoxy groups -OCH3 is 1. The standard InChI is InChI=1S/C9H17NO7/c1-14-2-3-15-4-5-16-9(13)17-6-7(10)8(11)12/h7H,2-6,10H2,1H3,(H,11,12)/t7-/m0/s1. The molecule has 1 atom stereocenters. The number of hydrogen-bond donors (Lipinski definition) is 1. The summed E-state index contributed by atoms with van der Waals surface area (Å²) in [5, 5.41) is 10.2. The first-order valence-corrected chi connectivity index (χ1v) is 4.98. The average Bonchev–Trinajstić information content (AvgIpc) is 2.30. The van der Waals surface area contributed by atoms with Crippen molar-refractivity contribution in [3.05, 3.63) is 0 Å². The maximum absolute atomic E-state index is 10.9. The topological polar surface area (TPSA) is 122 Å². The predicted molar refractivity (Wildman–Crippen MR) is 51.7 cm³/mol. The molecule has 0 aromatic heterocycles. The Bertz CT molecular complexity index is 233. The number of ether oxygens (including phenoxy) is 4. The minimum Gasteiger partial charge on any atom is -0.544 e. The number of hydrogen-bond acceptors (Lipinski definition) is 7. The van der Waals surface area contributed by atoms with E-state index in [1.165, 1.54) is 0 Å². The van der Waals surface area contributed by atoms with Crippen LogP contribution < -0.4 is 10.8 Å². The maximum atomic E-state index is 10.9. The zero-order valence-electron chi connectivity index (χ0n) is 9.68. The Kier molecular flexibility index (Phi) is 9.02. The Balaban J connectivity index is 3.38. The maximum Gasteiger partial charge on any atom is 0.508 e. The summed E-state index contributed by atoms with van der Waals surface area (Å²) in [5.74, 6) is -1.39. The van der Waals surface area contributed by atoms with E-state index >= 15 is 0 Å². The van der Waals surface area contributed by atoms with Gasteiger partial charge in [0, 0.05) is 7.11 Å². The van der Waals surface area contributed by atoms with Gasteiger partial charge in [0.2, 0.25) is 0 Å². The third-order valence-corrected chi connectivity index (χ3v) is 1.62. The molecule has 0 aliphatic carbocycles. The van der Waals surface area contributed by atoms with Gasteiger partial charge in [-0.1, -0.05) is 0 Å². The summed E-state index contributed by atoms with van der Waals surface area (Å²) in [7, 11) is 1.55. The summed E-state index contributed by atoms with van der Waals surface area (Å²) in [5.41, 5.74) is 3.21. The van der Waals surface area contributed by atoms with Gasteiger partial charge < -0.3 is 34.6 Å². The molecule has 0 radical (unpaired) electrons. The highest BCUT2D eigenvalue weighted by atomic mass is 16.7. The molecule has 0 spiro atoms. The molecule has 100 valence electrons. The zero-order valence-corrected chi connectivity index (χ0v) is 9.68. The highest BCUT2D eigenvalue weighted by Crippen LogP contribution is 1.87. The minimum absolute atomic E-state index is 0.0235. The first-order chi connectivity index (χ1) is 8.07. The van der Waals surface area contributed by atoms with Crippen LogP contribution in [0.3, 0.4) is 0 Å². The van der Waals surface area contributed by atoms with Gasteiger partial charge in [-0.3, -0.25) is 0 Å². The van der Waals surface area contributed by atoms with E-state index in [0.717, 1.165) is 0 Å². The van der Waals surface area contributed by atoms with Crippen LogP contribution in [0.1, 0.15) is 0 Å². The predicted octanol–water partition coefficient (Wildman–Crippen LogP) is -2.84. The van der Waals surface area contributed by atoms with Crippen LogP contribution in [0.25, 0.3) is 0 Å². The number of carbonyl (C=O) groups excluding carboxylic acids is 2. The molecule has 0 fully saturated rings. The van der Waals surface area contributed by atoms with E-state index in [4.69, 9.17) is 9.47 Å². The quantitative estimate of drug-likeness (QED) is 0.346. The number of carboxylic acids is 1. The van der Waals surface area contributed by atoms with E-state index in [2.05, 4.69) is 15.2 Å². The fraction of sp³-hybridized carbons (Fsp3) is 0.778. The van der Waals surface area contributed by atoms with Crippen LogP contribution >= 0.6 is 0 Å². The van der Waals surface area contributed by atoms with Crippen molar-refractivity contribution in [2.45, 2.75) is 6.04 Å². The van der Waals surface area contributed by atoms with Crippen molar-refractivity contribution < 1.29 is 39.4 Å². The summed E-state index contributed by atoms with van der Waals surface area (Å²) >= 11 is 0. The Morgan fingerprint density at radius 3 is 2.41 bits per heavy atom. The molecule has 0 unspecified atom stereocenters. The number of carboxylic acid groups (broad SMARTS) is 1. The highest BCUT2D eigenvalue weighted by molar-refractivity contribution is 5.70. The molecule has 0 aliphatic heterocycles. The van der Waals surface area contributed by atoms with Crippen molar-refractivity contribution in [1.29, 1.82) is 0 Å². The molecule has 0 saturated heterocycles. The summed E-state index contributed by atoms with van der Waals surface area (Å²) < 4.78 is 18.8. The SMILES string of the molecule is COCCOCCOC(=O)OC[C@H]([NH3+])C(=O)[O-]. The minimum atomic E-state index is -1.39. The molecule has 0 amide bonds. The van der Waals surface area contributed by atoms with E-state index in [9.17, 15) is 14.7 Å². The Hall–Kier alpha value is -1.38. The van der Waals surface area contributed by atoms with Crippen LogP contribution in [-0.2, 0) is 23.7 Å². The second-order valence-electron chi connectivity index (χ2n) is 3.03. The summed E-state index contributed by atoms with van der Waals surface area (Å²) in [4.78, 5) is 21.1. The van der Waals surface area contributed by atoms with Gasteiger partial charge in [-0.05, 0) is 0 Å². The Morgan fingerprint density at radius 2 is 1.82 bits per heavy atom. The van der Waals surface area contributed by atoms with Crippen molar-refractivity contribution in [2.75, 3.05) is 40.1 Å². The summed E-state index contributed by atoms with van der Waals surface area (Å²) in [6, 6.07) is -1.11. The van der Waals surface area contributed by atoms with E-state index < -0.39 is 18.2 Å². The molecule has 0 aliphatic rings. The van der Waals surface area contributed by atoms with E-state index in [0.29, 0.717) is 13.2 Å². The third-order valence-electron chi connectivity index (χ3n) is 1.62. The molecule has 0 saturated carbocycles.